The van der Waals surface area contributed by atoms with Crippen LogP contribution in [0.5, 0.6) is 0 Å². The van der Waals surface area contributed by atoms with Crippen molar-refractivity contribution < 1.29 is 0 Å². The van der Waals surface area contributed by atoms with E-state index < -0.39 is 0 Å². The number of nitrogens with zero attached hydrogens (tertiary/aromatic N) is 1. The molecule has 218 valence electrons. The highest BCUT2D eigenvalue weighted by Gasteiger charge is 2.13. The third-order valence-electron chi connectivity index (χ3n) is 7.46. The molecule has 0 amide bonds. The van der Waals surface area contributed by atoms with E-state index in [-0.39, 0.29) is 0 Å². The van der Waals surface area contributed by atoms with E-state index in [0.29, 0.717) is 0 Å². The molecule has 0 aliphatic heterocycles. The zero-order chi connectivity index (χ0) is 30.8. The summed E-state index contributed by atoms with van der Waals surface area (Å²) in [5.74, 6) is 0. The summed E-state index contributed by atoms with van der Waals surface area (Å²) in [4.78, 5) is 2.28. The van der Waals surface area contributed by atoms with E-state index in [1.165, 1.54) is 40.5 Å². The van der Waals surface area contributed by atoms with Gasteiger partial charge in [0.1, 0.15) is 0 Å². The summed E-state index contributed by atoms with van der Waals surface area (Å²) < 4.78 is 2.42. The molecule has 0 atom stereocenters. The fourth-order valence-corrected chi connectivity index (χ4v) is 6.33. The molecule has 0 saturated carbocycles. The van der Waals surface area contributed by atoms with Crippen LogP contribution in [-0.4, -0.2) is 0 Å². The summed E-state index contributed by atoms with van der Waals surface area (Å²) in [6.07, 6.45) is 8.78. The van der Waals surface area contributed by atoms with Gasteiger partial charge in [-0.25, -0.2) is 0 Å². The van der Waals surface area contributed by atoms with E-state index in [9.17, 15) is 0 Å². The molecule has 6 aromatic carbocycles. The lowest BCUT2D eigenvalue weighted by atomic mass is 9.97. The van der Waals surface area contributed by atoms with Gasteiger partial charge in [0.25, 0.3) is 0 Å². The van der Waals surface area contributed by atoms with E-state index >= 15 is 0 Å². The van der Waals surface area contributed by atoms with Gasteiger partial charge in [0.05, 0.1) is 0 Å². The molecule has 0 fully saturated rings. The first-order valence-electron chi connectivity index (χ1n) is 14.8. The number of benzene rings is 6. The van der Waals surface area contributed by atoms with Crippen LogP contribution in [0.25, 0.3) is 17.2 Å². The molecule has 0 radical (unpaired) electrons. The average molecular weight is 804 g/mol. The minimum Gasteiger partial charge on any atom is -0.317 e. The maximum Gasteiger partial charge on any atom is 0.0456 e. The van der Waals surface area contributed by atoms with Gasteiger partial charge < -0.3 is 4.90 Å². The van der Waals surface area contributed by atoms with Crippen LogP contribution in [0.4, 0.5) is 11.4 Å². The molecule has 3 heteroatoms. The fourth-order valence-electron chi connectivity index (χ4n) is 5.24. The van der Waals surface area contributed by atoms with Crippen molar-refractivity contribution in [3.63, 3.8) is 0 Å². The van der Waals surface area contributed by atoms with E-state index in [0.717, 1.165) is 16.9 Å². The maximum atomic E-state index is 2.39. The van der Waals surface area contributed by atoms with Gasteiger partial charge in [0.15, 0.2) is 0 Å². The first-order chi connectivity index (χ1) is 22.1. The van der Waals surface area contributed by atoms with Crippen LogP contribution < -0.4 is 4.90 Å². The van der Waals surface area contributed by atoms with Gasteiger partial charge >= 0.3 is 0 Å². The largest absolute Gasteiger partial charge is 0.317 e. The maximum absolute atomic E-state index is 2.39. The Bertz CT molecular complexity index is 1850. The molecule has 0 unspecified atom stereocenters. The first kappa shape index (κ1) is 30.8. The molecule has 0 heterocycles. The predicted molar refractivity (Wildman–Crippen MR) is 209 cm³/mol. The molecule has 1 nitrogen and oxygen atoms in total. The summed E-state index contributed by atoms with van der Waals surface area (Å²) in [6, 6.07) is 57.8. The van der Waals surface area contributed by atoms with Crippen LogP contribution in [-0.2, 0) is 0 Å². The molecule has 0 aromatic heterocycles. The SMILES string of the molecule is Ic1cccc(C(=CN(c2ccccc2)c2ccc(/C=C/C=C(c3ccccc3)c3ccccc3)cc2)c2cccc(I)c2)c1. The van der Waals surface area contributed by atoms with Gasteiger partial charge in [0.2, 0.25) is 0 Å². The second-order valence-electron chi connectivity index (χ2n) is 10.5. The number of hydrogen-bond acceptors (Lipinski definition) is 1. The van der Waals surface area contributed by atoms with Gasteiger partial charge in [0, 0.05) is 30.3 Å². The van der Waals surface area contributed by atoms with Crippen molar-refractivity contribution in [3.8, 4) is 0 Å². The number of para-hydroxylation sites is 1. The van der Waals surface area contributed by atoms with Gasteiger partial charge in [-0.3, -0.25) is 0 Å². The van der Waals surface area contributed by atoms with Crippen LogP contribution in [0.2, 0.25) is 0 Å². The lowest BCUT2D eigenvalue weighted by Crippen LogP contribution is -2.10. The second kappa shape index (κ2) is 15.2. The van der Waals surface area contributed by atoms with Crippen LogP contribution in [0.1, 0.15) is 27.8 Å². The van der Waals surface area contributed by atoms with Crippen molar-refractivity contribution >= 4 is 73.8 Å². The van der Waals surface area contributed by atoms with Crippen molar-refractivity contribution in [3.05, 3.63) is 217 Å². The highest BCUT2D eigenvalue weighted by Crippen LogP contribution is 2.33. The monoisotopic (exact) mass is 803 g/mol. The zero-order valence-electron chi connectivity index (χ0n) is 24.6. The van der Waals surface area contributed by atoms with Gasteiger partial charge in [-0.05, 0) is 127 Å². The molecule has 0 N–H and O–H groups in total. The molecular weight excluding hydrogens is 772 g/mol. The number of rotatable bonds is 9. The molecule has 0 spiro atoms. The molecule has 0 saturated heterocycles. The minimum absolute atomic E-state index is 1.09. The van der Waals surface area contributed by atoms with Crippen molar-refractivity contribution in [1.29, 1.82) is 0 Å². The normalized spacial score (nSPS) is 10.8. The summed E-state index contributed by atoms with van der Waals surface area (Å²) in [5, 5.41) is 0. The van der Waals surface area contributed by atoms with Crippen LogP contribution in [0.15, 0.2) is 182 Å². The van der Waals surface area contributed by atoms with E-state index in [1.54, 1.807) is 0 Å². The van der Waals surface area contributed by atoms with Crippen molar-refractivity contribution in [2.24, 2.45) is 0 Å². The summed E-state index contributed by atoms with van der Waals surface area (Å²) in [7, 11) is 0. The highest BCUT2D eigenvalue weighted by atomic mass is 127. The molecule has 45 heavy (non-hydrogen) atoms. The van der Waals surface area contributed by atoms with Crippen LogP contribution in [0, 0.1) is 7.14 Å². The second-order valence-corrected chi connectivity index (χ2v) is 13.0. The minimum atomic E-state index is 1.09. The Kier molecular flexibility index (Phi) is 10.4. The fraction of sp³-hybridized carbons (Fsp3) is 0. The summed E-state index contributed by atoms with van der Waals surface area (Å²) in [5.41, 5.74) is 10.5. The Labute approximate surface area is 293 Å². The number of anilines is 2. The molecule has 0 bridgehead atoms. The Morgan fingerprint density at radius 3 is 1.42 bits per heavy atom. The summed E-state index contributed by atoms with van der Waals surface area (Å²) >= 11 is 4.79. The Hall–Kier alpha value is -4.20. The molecule has 6 aromatic rings. The average Bonchev–Trinajstić information content (AvgIpc) is 3.09. The lowest BCUT2D eigenvalue weighted by Gasteiger charge is -2.23. The number of halogens is 2. The highest BCUT2D eigenvalue weighted by molar-refractivity contribution is 14.1. The third kappa shape index (κ3) is 8.10. The molecule has 6 rings (SSSR count). The smallest absolute Gasteiger partial charge is 0.0456 e. The van der Waals surface area contributed by atoms with Crippen molar-refractivity contribution in [1.82, 2.24) is 0 Å². The van der Waals surface area contributed by atoms with Crippen LogP contribution >= 0.6 is 45.2 Å². The number of allylic oxidation sites excluding steroid dienone is 2. The topological polar surface area (TPSA) is 3.24 Å². The predicted octanol–water partition coefficient (Wildman–Crippen LogP) is 12.3. The lowest BCUT2D eigenvalue weighted by molar-refractivity contribution is 1.28. The standard InChI is InChI=1S/C42H31I2N/c43-37-20-11-18-35(29-37)42(36-19-12-21-38(44)30-36)31-45(39-22-8-3-9-23-39)40-27-25-32(26-28-40)13-10-24-41(33-14-4-1-5-15-33)34-16-6-2-7-17-34/h1-31H/b13-10+. The molecule has 0 aliphatic carbocycles. The van der Waals surface area contributed by atoms with E-state index in [2.05, 4.69) is 238 Å². The quantitative estimate of drug-likeness (QED) is 0.104. The Balaban J connectivity index is 1.36. The Morgan fingerprint density at radius 2 is 0.911 bits per heavy atom. The van der Waals surface area contributed by atoms with Crippen molar-refractivity contribution in [2.75, 3.05) is 4.90 Å². The Morgan fingerprint density at radius 1 is 0.444 bits per heavy atom. The first-order valence-corrected chi connectivity index (χ1v) is 17.0. The summed E-state index contributed by atoms with van der Waals surface area (Å²) in [6.45, 7) is 0. The van der Waals surface area contributed by atoms with Gasteiger partial charge in [-0.15, -0.1) is 0 Å². The van der Waals surface area contributed by atoms with Gasteiger partial charge in [-0.1, -0.05) is 133 Å². The number of hydrogen-bond donors (Lipinski definition) is 0. The van der Waals surface area contributed by atoms with Crippen LogP contribution in [0.3, 0.4) is 0 Å². The van der Waals surface area contributed by atoms with E-state index in [4.69, 9.17) is 0 Å². The molecular formula is C42H31I2N. The van der Waals surface area contributed by atoms with E-state index in [1.807, 2.05) is 0 Å². The third-order valence-corrected chi connectivity index (χ3v) is 8.80. The zero-order valence-corrected chi connectivity index (χ0v) is 28.9. The molecule has 0 aliphatic rings. The van der Waals surface area contributed by atoms with Crippen molar-refractivity contribution in [2.45, 2.75) is 0 Å². The van der Waals surface area contributed by atoms with Gasteiger partial charge in [-0.2, -0.15) is 0 Å².